The Labute approximate surface area is 306 Å². The molecule has 10 nitrogen and oxygen atoms in total. The Morgan fingerprint density at radius 3 is 1.44 bits per heavy atom. The van der Waals surface area contributed by atoms with E-state index in [2.05, 4.69) is 19.9 Å². The number of halogens is 5. The summed E-state index contributed by atoms with van der Waals surface area (Å²) >= 11 is 11.9. The second kappa shape index (κ2) is 16.2. The molecule has 0 saturated heterocycles. The fourth-order valence-corrected chi connectivity index (χ4v) is 5.41. The number of nitrogens with zero attached hydrogens (tertiary/aromatic N) is 6. The van der Waals surface area contributed by atoms with Crippen LogP contribution in [0, 0.1) is 52.1 Å². The quantitative estimate of drug-likeness (QED) is 0.146. The van der Waals surface area contributed by atoms with Crippen LogP contribution in [0.25, 0.3) is 11.4 Å². The van der Waals surface area contributed by atoms with E-state index in [-0.39, 0.29) is 46.6 Å². The highest BCUT2D eigenvalue weighted by Crippen LogP contribution is 2.22. The summed E-state index contributed by atoms with van der Waals surface area (Å²) in [5.74, 6) is -1.40. The maximum Gasteiger partial charge on any atom is 0.259 e. The zero-order valence-electron chi connectivity index (χ0n) is 28.5. The first-order chi connectivity index (χ1) is 24.7. The molecule has 6 aromatic rings. The number of rotatable bonds is 8. The molecule has 15 heteroatoms. The molecule has 0 saturated carbocycles. The number of hydrogen-bond donors (Lipinski definition) is 0. The molecule has 0 bridgehead atoms. The zero-order valence-corrected chi connectivity index (χ0v) is 30.1. The summed E-state index contributed by atoms with van der Waals surface area (Å²) in [5.41, 5.74) is 4.40. The van der Waals surface area contributed by atoms with Gasteiger partial charge in [-0.1, -0.05) is 23.2 Å². The largest absolute Gasteiger partial charge is 0.487 e. The minimum Gasteiger partial charge on any atom is -0.487 e. The molecule has 0 spiro atoms. The van der Waals surface area contributed by atoms with Crippen molar-refractivity contribution in [3.8, 4) is 22.9 Å². The first kappa shape index (κ1) is 37.7. The Kier molecular flexibility index (Phi) is 11.8. The van der Waals surface area contributed by atoms with Crippen LogP contribution in [0.2, 0.25) is 10.3 Å². The number of hydrogen-bond acceptors (Lipinski definition) is 8. The van der Waals surface area contributed by atoms with Crippen LogP contribution >= 0.6 is 23.2 Å². The summed E-state index contributed by atoms with van der Waals surface area (Å²) < 4.78 is 54.4. The average Bonchev–Trinajstić information content (AvgIpc) is 3.07. The number of ether oxygens (including phenoxy) is 2. The van der Waals surface area contributed by atoms with Gasteiger partial charge in [0.25, 0.3) is 11.1 Å². The second-order valence-electron chi connectivity index (χ2n) is 11.7. The van der Waals surface area contributed by atoms with Gasteiger partial charge in [-0.05, 0) is 69.5 Å². The van der Waals surface area contributed by atoms with Crippen molar-refractivity contribution in [1.29, 1.82) is 0 Å². The molecular weight excluding hydrogens is 720 g/mol. The van der Waals surface area contributed by atoms with Gasteiger partial charge in [-0.25, -0.2) is 23.1 Å². The van der Waals surface area contributed by atoms with Gasteiger partial charge in [-0.2, -0.15) is 0 Å². The van der Waals surface area contributed by atoms with Crippen LogP contribution in [0.4, 0.5) is 13.2 Å². The van der Waals surface area contributed by atoms with Gasteiger partial charge in [0.1, 0.15) is 58.0 Å². The lowest BCUT2D eigenvalue weighted by atomic mass is 10.2. The molecule has 6 aromatic heterocycles. The van der Waals surface area contributed by atoms with Crippen molar-refractivity contribution in [1.82, 2.24) is 29.1 Å². The Bertz CT molecular complexity index is 2240. The van der Waals surface area contributed by atoms with E-state index in [4.69, 9.17) is 32.7 Å². The van der Waals surface area contributed by atoms with Crippen molar-refractivity contribution in [2.75, 3.05) is 0 Å². The van der Waals surface area contributed by atoms with Crippen molar-refractivity contribution in [2.24, 2.45) is 0 Å². The third-order valence-corrected chi connectivity index (χ3v) is 8.05. The topological polar surface area (TPSA) is 114 Å². The summed E-state index contributed by atoms with van der Waals surface area (Å²) in [4.78, 5) is 40.7. The van der Waals surface area contributed by atoms with Gasteiger partial charge < -0.3 is 9.47 Å². The monoisotopic (exact) mass is 750 g/mol. The van der Waals surface area contributed by atoms with Gasteiger partial charge >= 0.3 is 0 Å². The van der Waals surface area contributed by atoms with E-state index in [0.29, 0.717) is 33.7 Å². The Morgan fingerprint density at radius 1 is 0.577 bits per heavy atom. The van der Waals surface area contributed by atoms with E-state index < -0.39 is 17.5 Å². The van der Waals surface area contributed by atoms with Crippen molar-refractivity contribution in [3.63, 3.8) is 0 Å². The minimum absolute atomic E-state index is 0.0509. The predicted molar refractivity (Wildman–Crippen MR) is 190 cm³/mol. The molecule has 0 N–H and O–H groups in total. The molecule has 6 heterocycles. The highest BCUT2D eigenvalue weighted by molar-refractivity contribution is 6.29. The standard InChI is InChI=1S/C19H17ClFN3O2.C18H14ClF2N3O2/c1-11-4-15(21)16(22-8-11)10-26-14-5-13(3)24(19(25)6-14)17-7-18(20)23-9-12(17)2;1-10-7-23-17(19)6-16(10)24-11(2)3-13(5-18(24)25)26-9-15-14(21)4-12(20)8-22-15/h4-9H,10H2,1-3H3;3-8H,9H2,1-2H3. The molecule has 0 amide bonds. The van der Waals surface area contributed by atoms with Gasteiger partial charge in [-0.3, -0.25) is 28.7 Å². The average molecular weight is 752 g/mol. The van der Waals surface area contributed by atoms with Crippen LogP contribution in [0.15, 0.2) is 82.9 Å². The van der Waals surface area contributed by atoms with E-state index in [1.54, 1.807) is 63.6 Å². The zero-order chi connectivity index (χ0) is 37.7. The van der Waals surface area contributed by atoms with Crippen molar-refractivity contribution in [2.45, 2.75) is 47.8 Å². The second-order valence-corrected chi connectivity index (χ2v) is 12.5. The molecule has 6 rings (SSSR count). The summed E-state index contributed by atoms with van der Waals surface area (Å²) in [6.45, 7) is 8.66. The lowest BCUT2D eigenvalue weighted by Gasteiger charge is -2.14. The maximum absolute atomic E-state index is 13.9. The van der Waals surface area contributed by atoms with Gasteiger partial charge in [0.2, 0.25) is 0 Å². The maximum atomic E-state index is 13.9. The van der Waals surface area contributed by atoms with Crippen LogP contribution in [0.1, 0.15) is 39.5 Å². The highest BCUT2D eigenvalue weighted by Gasteiger charge is 2.14. The first-order valence-corrected chi connectivity index (χ1v) is 16.3. The third-order valence-electron chi connectivity index (χ3n) is 7.63. The van der Waals surface area contributed by atoms with E-state index >= 15 is 0 Å². The fourth-order valence-electron chi connectivity index (χ4n) is 5.11. The lowest BCUT2D eigenvalue weighted by molar-refractivity contribution is 0.292. The van der Waals surface area contributed by atoms with Crippen molar-refractivity contribution < 1.29 is 22.6 Å². The summed E-state index contributed by atoms with van der Waals surface area (Å²) in [5, 5.41) is 0.577. The number of aryl methyl sites for hydroxylation is 5. The lowest BCUT2D eigenvalue weighted by Crippen LogP contribution is -2.21. The Hall–Kier alpha value is -5.53. The Morgan fingerprint density at radius 2 is 1.02 bits per heavy atom. The van der Waals surface area contributed by atoms with Crippen LogP contribution < -0.4 is 20.6 Å². The molecule has 52 heavy (non-hydrogen) atoms. The smallest absolute Gasteiger partial charge is 0.259 e. The van der Waals surface area contributed by atoms with Crippen LogP contribution in [-0.2, 0) is 13.2 Å². The molecule has 0 aliphatic rings. The molecule has 0 fully saturated rings. The van der Waals surface area contributed by atoms with Gasteiger partial charge in [0, 0.05) is 60.3 Å². The van der Waals surface area contributed by atoms with Gasteiger partial charge in [0.05, 0.1) is 17.6 Å². The number of aromatic nitrogens is 6. The molecule has 0 aromatic carbocycles. The van der Waals surface area contributed by atoms with Crippen LogP contribution in [0.5, 0.6) is 11.5 Å². The highest BCUT2D eigenvalue weighted by atomic mass is 35.5. The van der Waals surface area contributed by atoms with E-state index in [9.17, 15) is 22.8 Å². The molecule has 0 aliphatic heterocycles. The third kappa shape index (κ3) is 9.03. The normalized spacial score (nSPS) is 10.8. The number of pyridine rings is 6. The SMILES string of the molecule is Cc1cnc(COc2cc(C)n(-c3cc(Cl)ncc3C)c(=O)c2)c(F)c1.Cc1cnc(Cl)cc1-n1c(C)cc(OCc2ncc(F)cc2F)cc1=O. The summed E-state index contributed by atoms with van der Waals surface area (Å²) in [7, 11) is 0. The molecule has 0 radical (unpaired) electrons. The van der Waals surface area contributed by atoms with Gasteiger partial charge in [0.15, 0.2) is 5.82 Å². The first-order valence-electron chi connectivity index (χ1n) is 15.6. The van der Waals surface area contributed by atoms with Crippen LogP contribution in [0.3, 0.4) is 0 Å². The van der Waals surface area contributed by atoms with E-state index in [1.165, 1.54) is 27.3 Å². The minimum atomic E-state index is -0.808. The molecule has 268 valence electrons. The molecule has 0 atom stereocenters. The van der Waals surface area contributed by atoms with Gasteiger partial charge in [-0.15, -0.1) is 0 Å². The summed E-state index contributed by atoms with van der Waals surface area (Å²) in [6, 6.07) is 11.3. The molecule has 0 aliphatic carbocycles. The van der Waals surface area contributed by atoms with Crippen molar-refractivity contribution >= 4 is 23.2 Å². The summed E-state index contributed by atoms with van der Waals surface area (Å²) in [6.07, 6.45) is 5.67. The van der Waals surface area contributed by atoms with E-state index in [1.807, 2.05) is 13.8 Å². The molecular formula is C37H31Cl2F3N6O4. The van der Waals surface area contributed by atoms with Crippen molar-refractivity contribution in [3.05, 3.63) is 161 Å². The molecule has 0 unspecified atom stereocenters. The van der Waals surface area contributed by atoms with Crippen LogP contribution in [-0.4, -0.2) is 29.1 Å². The van der Waals surface area contributed by atoms with E-state index in [0.717, 1.165) is 29.0 Å². The Balaban J connectivity index is 0.000000201. The fraction of sp³-hybridized carbons (Fsp3) is 0.189. The predicted octanol–water partition coefficient (Wildman–Crippen LogP) is 7.68.